The molecule has 0 aliphatic carbocycles. The molecular formula is C14H18Cl2N2O3. The lowest BCUT2D eigenvalue weighted by Gasteiger charge is -2.26. The van der Waals surface area contributed by atoms with Crippen LogP contribution >= 0.6 is 23.2 Å². The highest BCUT2D eigenvalue weighted by Crippen LogP contribution is 2.22. The van der Waals surface area contributed by atoms with E-state index in [0.29, 0.717) is 28.7 Å². The van der Waals surface area contributed by atoms with E-state index in [1.165, 1.54) is 0 Å². The fourth-order valence-corrected chi connectivity index (χ4v) is 2.34. The van der Waals surface area contributed by atoms with Crippen LogP contribution in [0.3, 0.4) is 0 Å². The number of rotatable bonds is 6. The van der Waals surface area contributed by atoms with Gasteiger partial charge >= 0.3 is 12.0 Å². The number of hydrogen-bond acceptors (Lipinski definition) is 2. The molecule has 2 N–H and O–H groups in total. The van der Waals surface area contributed by atoms with Gasteiger partial charge in [-0.3, -0.25) is 4.79 Å². The van der Waals surface area contributed by atoms with Crippen molar-refractivity contribution >= 4 is 40.9 Å². The van der Waals surface area contributed by atoms with Crippen molar-refractivity contribution in [1.82, 2.24) is 4.90 Å². The first-order valence-corrected chi connectivity index (χ1v) is 7.30. The number of nitrogens with zero attached hydrogens (tertiary/aromatic N) is 1. The van der Waals surface area contributed by atoms with Gasteiger partial charge in [0.1, 0.15) is 0 Å². The third kappa shape index (κ3) is 6.23. The van der Waals surface area contributed by atoms with E-state index in [4.69, 9.17) is 28.3 Å². The number of urea groups is 1. The molecule has 0 radical (unpaired) electrons. The molecule has 1 aromatic rings. The number of hydrogen-bond donors (Lipinski definition) is 2. The highest BCUT2D eigenvalue weighted by molar-refractivity contribution is 6.35. The molecule has 0 fully saturated rings. The molecule has 2 amide bonds. The van der Waals surface area contributed by atoms with E-state index in [9.17, 15) is 9.59 Å². The van der Waals surface area contributed by atoms with Crippen molar-refractivity contribution in [2.24, 2.45) is 0 Å². The molecule has 0 unspecified atom stereocenters. The van der Waals surface area contributed by atoms with Gasteiger partial charge in [0.15, 0.2) is 0 Å². The van der Waals surface area contributed by atoms with Crippen LogP contribution in [-0.4, -0.2) is 34.6 Å². The Hall–Kier alpha value is -1.46. The van der Waals surface area contributed by atoms with Crippen LogP contribution < -0.4 is 5.32 Å². The number of anilines is 1. The third-order valence-corrected chi connectivity index (χ3v) is 3.22. The van der Waals surface area contributed by atoms with Crippen molar-refractivity contribution in [3.63, 3.8) is 0 Å². The molecule has 5 nitrogen and oxygen atoms in total. The first-order valence-electron chi connectivity index (χ1n) is 6.55. The largest absolute Gasteiger partial charge is 0.481 e. The van der Waals surface area contributed by atoms with Crippen molar-refractivity contribution in [2.45, 2.75) is 32.7 Å². The Morgan fingerprint density at radius 3 is 2.29 bits per heavy atom. The first kappa shape index (κ1) is 17.6. The first-order chi connectivity index (χ1) is 9.79. The number of aliphatic carboxylic acids is 1. The van der Waals surface area contributed by atoms with E-state index in [1.54, 1.807) is 23.1 Å². The lowest BCUT2D eigenvalue weighted by Crippen LogP contribution is -2.40. The lowest BCUT2D eigenvalue weighted by molar-refractivity contribution is -0.137. The van der Waals surface area contributed by atoms with Gasteiger partial charge < -0.3 is 15.3 Å². The minimum Gasteiger partial charge on any atom is -0.481 e. The lowest BCUT2D eigenvalue weighted by atomic mass is 10.2. The summed E-state index contributed by atoms with van der Waals surface area (Å²) in [6.45, 7) is 4.10. The molecule has 116 valence electrons. The summed E-state index contributed by atoms with van der Waals surface area (Å²) in [4.78, 5) is 24.3. The van der Waals surface area contributed by atoms with E-state index in [0.717, 1.165) is 0 Å². The highest BCUT2D eigenvalue weighted by atomic mass is 35.5. The van der Waals surface area contributed by atoms with Crippen molar-refractivity contribution < 1.29 is 14.7 Å². The Labute approximate surface area is 133 Å². The van der Waals surface area contributed by atoms with Crippen LogP contribution in [0.15, 0.2) is 18.2 Å². The van der Waals surface area contributed by atoms with Gasteiger partial charge in [-0.15, -0.1) is 0 Å². The zero-order chi connectivity index (χ0) is 16.0. The normalized spacial score (nSPS) is 10.5. The van der Waals surface area contributed by atoms with Crippen LogP contribution in [0.25, 0.3) is 0 Å². The summed E-state index contributed by atoms with van der Waals surface area (Å²) in [5, 5.41) is 12.2. The maximum absolute atomic E-state index is 12.2. The smallest absolute Gasteiger partial charge is 0.322 e. The molecule has 0 aliphatic heterocycles. The highest BCUT2D eigenvalue weighted by Gasteiger charge is 2.17. The van der Waals surface area contributed by atoms with Gasteiger partial charge in [0.25, 0.3) is 0 Å². The molecule has 0 aromatic heterocycles. The molecule has 1 aromatic carbocycles. The standard InChI is InChI=1S/C14H18Cl2N2O3/c1-9(2)18(5-3-4-13(19)20)14(21)17-12-7-10(15)6-11(16)8-12/h6-9H,3-5H2,1-2H3,(H,17,21)(H,19,20). The Morgan fingerprint density at radius 1 is 1.24 bits per heavy atom. The van der Waals surface area contributed by atoms with Gasteiger partial charge in [-0.05, 0) is 38.5 Å². The molecule has 0 saturated heterocycles. The van der Waals surface area contributed by atoms with E-state index < -0.39 is 5.97 Å². The van der Waals surface area contributed by atoms with Gasteiger partial charge in [-0.2, -0.15) is 0 Å². The molecule has 0 saturated carbocycles. The van der Waals surface area contributed by atoms with Gasteiger partial charge in [-0.25, -0.2) is 4.79 Å². The number of carboxylic acids is 1. The van der Waals surface area contributed by atoms with E-state index in [2.05, 4.69) is 5.32 Å². The minimum absolute atomic E-state index is 0.0273. The maximum atomic E-state index is 12.2. The summed E-state index contributed by atoms with van der Waals surface area (Å²) in [5.74, 6) is -0.874. The van der Waals surface area contributed by atoms with Gasteiger partial charge in [0.2, 0.25) is 0 Å². The molecule has 1 rings (SSSR count). The molecule has 0 heterocycles. The van der Waals surface area contributed by atoms with Crippen molar-refractivity contribution in [1.29, 1.82) is 0 Å². The molecule has 0 spiro atoms. The number of carbonyl (C=O) groups excluding carboxylic acids is 1. The molecule has 7 heteroatoms. The Balaban J connectivity index is 2.70. The Bertz CT molecular complexity index is 501. The summed E-state index contributed by atoms with van der Waals surface area (Å²) in [6, 6.07) is 4.41. The predicted molar refractivity (Wildman–Crippen MR) is 84.2 cm³/mol. The quantitative estimate of drug-likeness (QED) is 0.823. The molecule has 0 bridgehead atoms. The fourth-order valence-electron chi connectivity index (χ4n) is 1.82. The van der Waals surface area contributed by atoms with E-state index in [-0.39, 0.29) is 18.5 Å². The topological polar surface area (TPSA) is 69.6 Å². The Kier molecular flexibility index (Phi) is 6.78. The second kappa shape index (κ2) is 8.10. The van der Waals surface area contributed by atoms with Crippen molar-refractivity contribution in [3.8, 4) is 0 Å². The number of amides is 2. The number of carboxylic acid groups (broad SMARTS) is 1. The molecule has 0 atom stereocenters. The summed E-state index contributed by atoms with van der Waals surface area (Å²) >= 11 is 11.8. The Morgan fingerprint density at radius 2 is 1.81 bits per heavy atom. The third-order valence-electron chi connectivity index (χ3n) is 2.79. The predicted octanol–water partition coefficient (Wildman–Crippen LogP) is 4.10. The fraction of sp³-hybridized carbons (Fsp3) is 0.429. The van der Waals surface area contributed by atoms with Crippen LogP contribution in [-0.2, 0) is 4.79 Å². The molecule has 21 heavy (non-hydrogen) atoms. The second-order valence-corrected chi connectivity index (χ2v) is 5.75. The zero-order valence-corrected chi connectivity index (χ0v) is 13.4. The van der Waals surface area contributed by atoms with E-state index in [1.807, 2.05) is 13.8 Å². The van der Waals surface area contributed by atoms with Gasteiger partial charge in [-0.1, -0.05) is 23.2 Å². The van der Waals surface area contributed by atoms with Crippen LogP contribution in [0.2, 0.25) is 10.0 Å². The molecule has 0 aliphatic rings. The minimum atomic E-state index is -0.874. The number of benzene rings is 1. The summed E-state index contributed by atoms with van der Waals surface area (Å²) in [6.07, 6.45) is 0.427. The molecular weight excluding hydrogens is 315 g/mol. The SMILES string of the molecule is CC(C)N(CCCC(=O)O)C(=O)Nc1cc(Cl)cc(Cl)c1. The van der Waals surface area contributed by atoms with Gasteiger partial charge in [0, 0.05) is 34.7 Å². The van der Waals surface area contributed by atoms with Gasteiger partial charge in [0.05, 0.1) is 0 Å². The van der Waals surface area contributed by atoms with Crippen molar-refractivity contribution in [3.05, 3.63) is 28.2 Å². The number of carbonyl (C=O) groups is 2. The van der Waals surface area contributed by atoms with Crippen LogP contribution in [0.5, 0.6) is 0 Å². The summed E-state index contributed by atoms with van der Waals surface area (Å²) < 4.78 is 0. The average Bonchev–Trinajstić information content (AvgIpc) is 2.32. The van der Waals surface area contributed by atoms with Crippen LogP contribution in [0.4, 0.5) is 10.5 Å². The van der Waals surface area contributed by atoms with Crippen LogP contribution in [0, 0.1) is 0 Å². The number of nitrogens with one attached hydrogen (secondary N) is 1. The van der Waals surface area contributed by atoms with Crippen LogP contribution in [0.1, 0.15) is 26.7 Å². The number of halogens is 2. The van der Waals surface area contributed by atoms with E-state index >= 15 is 0 Å². The summed E-state index contributed by atoms with van der Waals surface area (Å²) in [5.41, 5.74) is 0.501. The monoisotopic (exact) mass is 332 g/mol. The maximum Gasteiger partial charge on any atom is 0.322 e. The summed E-state index contributed by atoms with van der Waals surface area (Å²) in [7, 11) is 0. The zero-order valence-electron chi connectivity index (χ0n) is 11.9. The van der Waals surface area contributed by atoms with Crippen molar-refractivity contribution in [2.75, 3.05) is 11.9 Å². The second-order valence-electron chi connectivity index (χ2n) is 4.87. The average molecular weight is 333 g/mol.